The number of hydrogen-bond acceptors (Lipinski definition) is 7. The summed E-state index contributed by atoms with van der Waals surface area (Å²) in [5.41, 5.74) is 6.70. The Morgan fingerprint density at radius 3 is 2.53 bits per heavy atom. The Morgan fingerprint density at radius 1 is 1.19 bits per heavy atom. The number of aliphatic hydroxyl groups excluding tert-OH is 1. The molecule has 172 valence electrons. The van der Waals surface area contributed by atoms with Crippen LogP contribution >= 0.6 is 11.8 Å². The number of aliphatic hydroxyl groups is 1. The maximum Gasteiger partial charge on any atom is 0.239 e. The van der Waals surface area contributed by atoms with Gasteiger partial charge in [-0.2, -0.15) is 0 Å². The second-order valence-electron chi connectivity index (χ2n) is 8.28. The standard InChI is InChI=1S/C24H31N3O4S/c1-32-18-8-6-16(7-9-18)23(24(25)29)27-12-10-17(11-13-27)26-14-19(28)22-15-30-20-4-2-3-5-21(20)31-22/h2-9,17,19,22-23,26,28H,10-15H2,1H3,(H2,25,29). The Labute approximate surface area is 193 Å². The molecule has 3 atom stereocenters. The number of carbonyl (C=O) groups excluding carboxylic acids is 1. The molecule has 1 saturated heterocycles. The first-order valence-corrected chi connectivity index (χ1v) is 12.2. The van der Waals surface area contributed by atoms with Crippen LogP contribution in [-0.2, 0) is 4.79 Å². The molecule has 4 rings (SSSR count). The molecule has 8 heteroatoms. The molecule has 0 radical (unpaired) electrons. The molecule has 1 fully saturated rings. The summed E-state index contributed by atoms with van der Waals surface area (Å²) in [5, 5.41) is 14.0. The van der Waals surface area contributed by atoms with Crippen molar-refractivity contribution in [3.8, 4) is 11.5 Å². The van der Waals surface area contributed by atoms with Crippen molar-refractivity contribution in [1.29, 1.82) is 0 Å². The molecular weight excluding hydrogens is 426 g/mol. The highest BCUT2D eigenvalue weighted by Gasteiger charge is 2.31. The smallest absolute Gasteiger partial charge is 0.239 e. The van der Waals surface area contributed by atoms with E-state index in [-0.39, 0.29) is 11.9 Å². The van der Waals surface area contributed by atoms with E-state index in [0.29, 0.717) is 24.7 Å². The zero-order chi connectivity index (χ0) is 22.5. The number of thioether (sulfide) groups is 1. The van der Waals surface area contributed by atoms with Crippen LogP contribution in [0.5, 0.6) is 11.5 Å². The number of rotatable bonds is 8. The van der Waals surface area contributed by atoms with Crippen LogP contribution in [0.25, 0.3) is 0 Å². The fourth-order valence-corrected chi connectivity index (χ4v) is 4.76. The molecule has 0 aliphatic carbocycles. The van der Waals surface area contributed by atoms with Gasteiger partial charge in [-0.05, 0) is 48.9 Å². The minimum atomic E-state index is -0.672. The van der Waals surface area contributed by atoms with E-state index in [1.807, 2.05) is 54.8 Å². The van der Waals surface area contributed by atoms with Gasteiger partial charge >= 0.3 is 0 Å². The van der Waals surface area contributed by atoms with Crippen molar-refractivity contribution < 1.29 is 19.4 Å². The number of ether oxygens (including phenoxy) is 2. The lowest BCUT2D eigenvalue weighted by Crippen LogP contribution is -2.50. The zero-order valence-electron chi connectivity index (χ0n) is 18.3. The maximum atomic E-state index is 12.2. The Hall–Kier alpha value is -2.26. The molecule has 32 heavy (non-hydrogen) atoms. The van der Waals surface area contributed by atoms with Crippen LogP contribution in [0.15, 0.2) is 53.4 Å². The lowest BCUT2D eigenvalue weighted by Gasteiger charge is -2.37. The molecule has 2 aliphatic heterocycles. The van der Waals surface area contributed by atoms with Crippen LogP contribution in [-0.4, -0.2) is 66.7 Å². The monoisotopic (exact) mass is 457 g/mol. The van der Waals surface area contributed by atoms with E-state index in [0.717, 1.165) is 36.4 Å². The normalized spacial score (nSPS) is 21.1. The van der Waals surface area contributed by atoms with E-state index in [9.17, 15) is 9.90 Å². The van der Waals surface area contributed by atoms with Crippen molar-refractivity contribution in [2.75, 3.05) is 32.5 Å². The Kier molecular flexibility index (Phi) is 7.57. The summed E-state index contributed by atoms with van der Waals surface area (Å²) in [7, 11) is 0. The highest BCUT2D eigenvalue weighted by atomic mass is 32.2. The summed E-state index contributed by atoms with van der Waals surface area (Å²) >= 11 is 1.67. The first-order valence-electron chi connectivity index (χ1n) is 11.0. The van der Waals surface area contributed by atoms with Gasteiger partial charge in [0, 0.05) is 30.6 Å². The Bertz CT molecular complexity index is 902. The van der Waals surface area contributed by atoms with Gasteiger partial charge in [0.05, 0.1) is 0 Å². The lowest BCUT2D eigenvalue weighted by molar-refractivity contribution is -0.124. The molecule has 0 bridgehead atoms. The van der Waals surface area contributed by atoms with Crippen LogP contribution in [0.2, 0.25) is 0 Å². The van der Waals surface area contributed by atoms with Gasteiger partial charge in [-0.25, -0.2) is 0 Å². The fourth-order valence-electron chi connectivity index (χ4n) is 4.35. The van der Waals surface area contributed by atoms with Gasteiger partial charge in [-0.15, -0.1) is 11.8 Å². The van der Waals surface area contributed by atoms with Gasteiger partial charge in [0.1, 0.15) is 18.8 Å². The third-order valence-electron chi connectivity index (χ3n) is 6.17. The molecule has 7 nitrogen and oxygen atoms in total. The van der Waals surface area contributed by atoms with Crippen molar-refractivity contribution in [3.05, 3.63) is 54.1 Å². The van der Waals surface area contributed by atoms with Crippen molar-refractivity contribution in [1.82, 2.24) is 10.2 Å². The second-order valence-corrected chi connectivity index (χ2v) is 9.16. The summed E-state index contributed by atoms with van der Waals surface area (Å²) < 4.78 is 11.6. The number of amides is 1. The van der Waals surface area contributed by atoms with E-state index in [1.54, 1.807) is 11.8 Å². The predicted octanol–water partition coefficient (Wildman–Crippen LogP) is 2.19. The number of fused-ring (bicyclic) bond motifs is 1. The molecule has 1 amide bonds. The third kappa shape index (κ3) is 5.38. The number of carbonyl (C=O) groups is 1. The first-order chi connectivity index (χ1) is 15.5. The number of likely N-dealkylation sites (tertiary alicyclic amines) is 1. The summed E-state index contributed by atoms with van der Waals surface area (Å²) in [6.45, 7) is 2.29. The summed E-state index contributed by atoms with van der Waals surface area (Å²) in [5.74, 6) is 1.06. The van der Waals surface area contributed by atoms with E-state index in [2.05, 4.69) is 10.2 Å². The van der Waals surface area contributed by atoms with Gasteiger partial charge in [0.15, 0.2) is 17.6 Å². The fraction of sp³-hybridized carbons (Fsp3) is 0.458. The summed E-state index contributed by atoms with van der Waals surface area (Å²) in [6.07, 6.45) is 2.71. The van der Waals surface area contributed by atoms with E-state index in [1.165, 1.54) is 0 Å². The summed E-state index contributed by atoms with van der Waals surface area (Å²) in [4.78, 5) is 15.5. The molecule has 4 N–H and O–H groups in total. The van der Waals surface area contributed by atoms with Gasteiger partial charge in [0.25, 0.3) is 0 Å². The topological polar surface area (TPSA) is 97.1 Å². The van der Waals surface area contributed by atoms with Crippen LogP contribution in [0.4, 0.5) is 0 Å². The van der Waals surface area contributed by atoms with Crippen LogP contribution in [0, 0.1) is 0 Å². The molecular formula is C24H31N3O4S. The second kappa shape index (κ2) is 10.6. The Balaban J connectivity index is 1.26. The molecule has 2 aromatic rings. The number of primary amides is 1. The third-order valence-corrected chi connectivity index (χ3v) is 6.91. The number of para-hydroxylation sites is 2. The molecule has 2 heterocycles. The van der Waals surface area contributed by atoms with Gasteiger partial charge < -0.3 is 25.6 Å². The lowest BCUT2D eigenvalue weighted by atomic mass is 9.98. The van der Waals surface area contributed by atoms with Gasteiger partial charge in [0.2, 0.25) is 5.91 Å². The van der Waals surface area contributed by atoms with E-state index >= 15 is 0 Å². The molecule has 2 aliphatic rings. The summed E-state index contributed by atoms with van der Waals surface area (Å²) in [6, 6.07) is 15.4. The van der Waals surface area contributed by atoms with Crippen molar-refractivity contribution in [2.24, 2.45) is 5.73 Å². The minimum absolute atomic E-state index is 0.269. The van der Waals surface area contributed by atoms with Crippen molar-refractivity contribution >= 4 is 17.7 Å². The van der Waals surface area contributed by atoms with Gasteiger partial charge in [-0.3, -0.25) is 9.69 Å². The number of nitrogens with one attached hydrogen (secondary N) is 1. The Morgan fingerprint density at radius 2 is 1.88 bits per heavy atom. The molecule has 3 unspecified atom stereocenters. The number of benzene rings is 2. The van der Waals surface area contributed by atoms with Crippen LogP contribution in [0.1, 0.15) is 24.4 Å². The molecule has 0 spiro atoms. The quantitative estimate of drug-likeness (QED) is 0.523. The molecule has 0 aromatic heterocycles. The zero-order valence-corrected chi connectivity index (χ0v) is 19.1. The highest BCUT2D eigenvalue weighted by Crippen LogP contribution is 2.31. The van der Waals surface area contributed by atoms with Crippen molar-refractivity contribution in [2.45, 2.75) is 42.0 Å². The van der Waals surface area contributed by atoms with E-state index < -0.39 is 18.2 Å². The minimum Gasteiger partial charge on any atom is -0.486 e. The van der Waals surface area contributed by atoms with E-state index in [4.69, 9.17) is 15.2 Å². The number of nitrogens with two attached hydrogens (primary N) is 1. The van der Waals surface area contributed by atoms with Gasteiger partial charge in [-0.1, -0.05) is 24.3 Å². The van der Waals surface area contributed by atoms with Crippen molar-refractivity contribution in [3.63, 3.8) is 0 Å². The largest absolute Gasteiger partial charge is 0.486 e. The molecule has 2 aromatic carbocycles. The molecule has 0 saturated carbocycles. The average Bonchev–Trinajstić information content (AvgIpc) is 2.83. The number of piperidine rings is 1. The predicted molar refractivity (Wildman–Crippen MR) is 125 cm³/mol. The maximum absolute atomic E-state index is 12.2. The first kappa shape index (κ1) is 22.9. The number of hydrogen-bond donors (Lipinski definition) is 3. The number of nitrogens with zero attached hydrogens (tertiary/aromatic N) is 1. The highest BCUT2D eigenvalue weighted by molar-refractivity contribution is 7.98. The van der Waals surface area contributed by atoms with Crippen LogP contribution in [0.3, 0.4) is 0 Å². The SMILES string of the molecule is CSc1ccc(C(C(N)=O)N2CCC(NCC(O)C3COc4ccccc4O3)CC2)cc1. The van der Waals surface area contributed by atoms with Crippen LogP contribution < -0.4 is 20.5 Å². The average molecular weight is 458 g/mol.